The zero-order chi connectivity index (χ0) is 13.0. The standard InChI is InChI=1S/C15H16N2O/c1-3-11(2)16-17-15(18)14-9-8-12-6-4-5-7-13(12)10-14/h4-10H,3H2,1-2H3,(H,17,18)/b16-11+. The van der Waals surface area contributed by atoms with E-state index in [-0.39, 0.29) is 5.91 Å². The molecule has 0 saturated heterocycles. The molecule has 0 fully saturated rings. The minimum Gasteiger partial charge on any atom is -0.267 e. The Hall–Kier alpha value is -2.16. The first-order valence-electron chi connectivity index (χ1n) is 6.03. The van der Waals surface area contributed by atoms with Crippen LogP contribution >= 0.6 is 0 Å². The number of fused-ring (bicyclic) bond motifs is 1. The molecule has 2 aromatic rings. The molecule has 0 aliphatic heterocycles. The number of hydrogen-bond acceptors (Lipinski definition) is 2. The van der Waals surface area contributed by atoms with E-state index in [4.69, 9.17) is 0 Å². The van der Waals surface area contributed by atoms with E-state index in [9.17, 15) is 4.79 Å². The Morgan fingerprint density at radius 1 is 1.17 bits per heavy atom. The van der Waals surface area contributed by atoms with Crippen LogP contribution in [0.25, 0.3) is 10.8 Å². The van der Waals surface area contributed by atoms with Crippen LogP contribution < -0.4 is 5.43 Å². The van der Waals surface area contributed by atoms with Crippen molar-refractivity contribution in [1.82, 2.24) is 5.43 Å². The van der Waals surface area contributed by atoms with Crippen LogP contribution in [0.4, 0.5) is 0 Å². The molecule has 0 atom stereocenters. The lowest BCUT2D eigenvalue weighted by atomic mass is 10.1. The summed E-state index contributed by atoms with van der Waals surface area (Å²) >= 11 is 0. The second kappa shape index (κ2) is 5.45. The number of hydrazone groups is 1. The molecule has 0 spiro atoms. The quantitative estimate of drug-likeness (QED) is 0.648. The first-order chi connectivity index (χ1) is 8.70. The summed E-state index contributed by atoms with van der Waals surface area (Å²) in [4.78, 5) is 11.9. The van der Waals surface area contributed by atoms with Crippen molar-refractivity contribution in [3.63, 3.8) is 0 Å². The molecular weight excluding hydrogens is 224 g/mol. The molecule has 3 nitrogen and oxygen atoms in total. The smallest absolute Gasteiger partial charge is 0.267 e. The highest BCUT2D eigenvalue weighted by Crippen LogP contribution is 2.15. The van der Waals surface area contributed by atoms with Gasteiger partial charge in [0.1, 0.15) is 0 Å². The van der Waals surface area contributed by atoms with E-state index in [2.05, 4.69) is 10.5 Å². The van der Waals surface area contributed by atoms with Gasteiger partial charge in [-0.15, -0.1) is 0 Å². The third-order valence-corrected chi connectivity index (χ3v) is 2.87. The molecule has 0 heterocycles. The minimum absolute atomic E-state index is 0.173. The largest absolute Gasteiger partial charge is 0.271 e. The molecule has 18 heavy (non-hydrogen) atoms. The van der Waals surface area contributed by atoms with Crippen LogP contribution in [0.5, 0.6) is 0 Å². The van der Waals surface area contributed by atoms with Gasteiger partial charge in [-0.1, -0.05) is 37.3 Å². The van der Waals surface area contributed by atoms with Crippen molar-refractivity contribution in [2.75, 3.05) is 0 Å². The van der Waals surface area contributed by atoms with E-state index in [1.54, 1.807) is 0 Å². The molecule has 1 N–H and O–H groups in total. The van der Waals surface area contributed by atoms with Crippen molar-refractivity contribution in [3.05, 3.63) is 48.0 Å². The van der Waals surface area contributed by atoms with Crippen molar-refractivity contribution < 1.29 is 4.79 Å². The molecule has 0 aliphatic carbocycles. The molecule has 0 radical (unpaired) electrons. The van der Waals surface area contributed by atoms with Crippen molar-refractivity contribution in [2.45, 2.75) is 20.3 Å². The number of rotatable bonds is 3. The fourth-order valence-electron chi connectivity index (χ4n) is 1.62. The predicted octanol–water partition coefficient (Wildman–Crippen LogP) is 3.36. The highest BCUT2D eigenvalue weighted by Gasteiger charge is 2.05. The number of nitrogens with zero attached hydrogens (tertiary/aromatic N) is 1. The lowest BCUT2D eigenvalue weighted by Crippen LogP contribution is -2.18. The molecule has 3 heteroatoms. The summed E-state index contributed by atoms with van der Waals surface area (Å²) in [7, 11) is 0. The lowest BCUT2D eigenvalue weighted by molar-refractivity contribution is 0.0955. The second-order valence-corrected chi connectivity index (χ2v) is 4.20. The first kappa shape index (κ1) is 12.3. The van der Waals surface area contributed by atoms with Crippen molar-refractivity contribution in [3.8, 4) is 0 Å². The third kappa shape index (κ3) is 2.74. The van der Waals surface area contributed by atoms with Crippen LogP contribution in [-0.4, -0.2) is 11.6 Å². The Kier molecular flexibility index (Phi) is 3.72. The Morgan fingerprint density at radius 3 is 2.61 bits per heavy atom. The normalized spacial score (nSPS) is 11.6. The van der Waals surface area contributed by atoms with Gasteiger partial charge in [0.15, 0.2) is 0 Å². The van der Waals surface area contributed by atoms with Gasteiger partial charge in [0.2, 0.25) is 0 Å². The summed E-state index contributed by atoms with van der Waals surface area (Å²) in [5, 5.41) is 6.20. The predicted molar refractivity (Wildman–Crippen MR) is 74.8 cm³/mol. The molecule has 92 valence electrons. The summed E-state index contributed by atoms with van der Waals surface area (Å²) in [6.45, 7) is 3.89. The molecule has 0 aromatic heterocycles. The monoisotopic (exact) mass is 240 g/mol. The Labute approximate surface area is 107 Å². The summed E-state index contributed by atoms with van der Waals surface area (Å²) in [5.74, 6) is -0.173. The van der Waals surface area contributed by atoms with Crippen LogP contribution in [0.2, 0.25) is 0 Å². The van der Waals surface area contributed by atoms with Crippen LogP contribution in [0, 0.1) is 0 Å². The summed E-state index contributed by atoms with van der Waals surface area (Å²) in [6, 6.07) is 13.6. The number of benzene rings is 2. The topological polar surface area (TPSA) is 41.5 Å². The van der Waals surface area contributed by atoms with E-state index in [0.717, 1.165) is 22.9 Å². The van der Waals surface area contributed by atoms with Gasteiger partial charge < -0.3 is 0 Å². The van der Waals surface area contributed by atoms with Gasteiger partial charge in [-0.25, -0.2) is 5.43 Å². The van der Waals surface area contributed by atoms with Gasteiger partial charge in [0.25, 0.3) is 5.91 Å². The van der Waals surface area contributed by atoms with Gasteiger partial charge in [-0.2, -0.15) is 5.10 Å². The molecule has 0 saturated carbocycles. The lowest BCUT2D eigenvalue weighted by Gasteiger charge is -2.03. The van der Waals surface area contributed by atoms with Crippen molar-refractivity contribution in [1.29, 1.82) is 0 Å². The highest BCUT2D eigenvalue weighted by atomic mass is 16.2. The van der Waals surface area contributed by atoms with Gasteiger partial charge in [0, 0.05) is 11.3 Å². The van der Waals surface area contributed by atoms with Gasteiger partial charge in [-0.3, -0.25) is 4.79 Å². The molecule has 1 amide bonds. The second-order valence-electron chi connectivity index (χ2n) is 4.20. The molecular formula is C15H16N2O. The molecule has 0 aliphatic rings. The Bertz CT molecular complexity index is 602. The van der Waals surface area contributed by atoms with Gasteiger partial charge in [0.05, 0.1) is 0 Å². The number of carbonyl (C=O) groups is 1. The molecule has 2 rings (SSSR count). The Balaban J connectivity index is 2.23. The third-order valence-electron chi connectivity index (χ3n) is 2.87. The summed E-state index contributed by atoms with van der Waals surface area (Å²) < 4.78 is 0. The van der Waals surface area contributed by atoms with Crippen LogP contribution in [0.15, 0.2) is 47.6 Å². The average Bonchev–Trinajstić information content (AvgIpc) is 2.43. The maximum Gasteiger partial charge on any atom is 0.271 e. The number of hydrogen-bond donors (Lipinski definition) is 1. The van der Waals surface area contributed by atoms with E-state index in [1.807, 2.05) is 56.3 Å². The Morgan fingerprint density at radius 2 is 1.89 bits per heavy atom. The maximum atomic E-state index is 11.9. The van der Waals surface area contributed by atoms with Crippen LogP contribution in [-0.2, 0) is 0 Å². The molecule has 0 unspecified atom stereocenters. The van der Waals surface area contributed by atoms with Crippen molar-refractivity contribution in [2.24, 2.45) is 5.10 Å². The van der Waals surface area contributed by atoms with Gasteiger partial charge >= 0.3 is 0 Å². The molecule has 0 bridgehead atoms. The van der Waals surface area contributed by atoms with E-state index < -0.39 is 0 Å². The first-order valence-corrected chi connectivity index (χ1v) is 6.03. The molecule has 2 aromatic carbocycles. The van der Waals surface area contributed by atoms with Gasteiger partial charge in [-0.05, 0) is 36.2 Å². The summed E-state index contributed by atoms with van der Waals surface area (Å²) in [6.07, 6.45) is 0.831. The van der Waals surface area contributed by atoms with E-state index in [0.29, 0.717) is 5.56 Å². The number of carbonyl (C=O) groups excluding carboxylic acids is 1. The van der Waals surface area contributed by atoms with E-state index >= 15 is 0 Å². The fraction of sp³-hybridized carbons (Fsp3) is 0.200. The number of amides is 1. The zero-order valence-corrected chi connectivity index (χ0v) is 10.6. The summed E-state index contributed by atoms with van der Waals surface area (Å²) in [5.41, 5.74) is 4.10. The highest BCUT2D eigenvalue weighted by molar-refractivity contribution is 5.99. The zero-order valence-electron chi connectivity index (χ0n) is 10.6. The van der Waals surface area contributed by atoms with Crippen LogP contribution in [0.3, 0.4) is 0 Å². The minimum atomic E-state index is -0.173. The van der Waals surface area contributed by atoms with Crippen molar-refractivity contribution >= 4 is 22.4 Å². The number of nitrogens with one attached hydrogen (secondary N) is 1. The SMILES string of the molecule is CC/C(C)=N/NC(=O)c1ccc2ccccc2c1. The van der Waals surface area contributed by atoms with Crippen LogP contribution in [0.1, 0.15) is 30.6 Å². The fourth-order valence-corrected chi connectivity index (χ4v) is 1.62. The maximum absolute atomic E-state index is 11.9. The average molecular weight is 240 g/mol. The van der Waals surface area contributed by atoms with E-state index in [1.165, 1.54) is 0 Å².